The number of ether oxygens (including phenoxy) is 2. The zero-order chi connectivity index (χ0) is 17.8. The van der Waals surface area contributed by atoms with Crippen molar-refractivity contribution < 1.29 is 41.1 Å². The summed E-state index contributed by atoms with van der Waals surface area (Å²) >= 11 is 0. The average Bonchev–Trinajstić information content (AvgIpc) is 2.36. The molecule has 0 saturated carbocycles. The lowest BCUT2D eigenvalue weighted by molar-refractivity contribution is -0.389. The van der Waals surface area contributed by atoms with Crippen molar-refractivity contribution in [2.45, 2.75) is 26.1 Å². The number of nitrogens with zero attached hydrogens (tertiary/aromatic N) is 2. The summed E-state index contributed by atoms with van der Waals surface area (Å²) in [4.78, 5) is 24.0. The standard InChI is InChI=1S/C11H9F5N2O5/c1-2-22-7(19)3-5-8(10(12)13)17-4-6(9(5)18(20)21)23-11(14,15)16/h4,10H,2-3H2,1H3. The first-order valence-electron chi connectivity index (χ1n) is 5.92. The Morgan fingerprint density at radius 2 is 2.04 bits per heavy atom. The molecule has 7 nitrogen and oxygen atoms in total. The Morgan fingerprint density at radius 3 is 2.48 bits per heavy atom. The van der Waals surface area contributed by atoms with E-state index in [4.69, 9.17) is 0 Å². The zero-order valence-electron chi connectivity index (χ0n) is 11.4. The number of nitro groups is 1. The third kappa shape index (κ3) is 5.00. The second-order valence-corrected chi connectivity index (χ2v) is 3.92. The Bertz CT molecular complexity index is 605. The van der Waals surface area contributed by atoms with Gasteiger partial charge in [-0.2, -0.15) is 0 Å². The van der Waals surface area contributed by atoms with Crippen LogP contribution in [0.2, 0.25) is 0 Å². The molecule has 0 radical (unpaired) electrons. The van der Waals surface area contributed by atoms with E-state index < -0.39 is 52.8 Å². The van der Waals surface area contributed by atoms with E-state index in [1.54, 1.807) is 0 Å². The molecule has 0 aliphatic heterocycles. The first-order chi connectivity index (χ1) is 10.6. The number of alkyl halides is 5. The van der Waals surface area contributed by atoms with Crippen LogP contribution in [0.5, 0.6) is 5.75 Å². The average molecular weight is 344 g/mol. The molecule has 0 saturated heterocycles. The predicted molar refractivity (Wildman–Crippen MR) is 62.9 cm³/mol. The Kier molecular flexibility index (Phi) is 5.76. The number of rotatable bonds is 6. The molecule has 0 fully saturated rings. The first kappa shape index (κ1) is 18.5. The van der Waals surface area contributed by atoms with Gasteiger partial charge in [-0.3, -0.25) is 19.9 Å². The molecular formula is C11H9F5N2O5. The van der Waals surface area contributed by atoms with Crippen molar-refractivity contribution in [2.75, 3.05) is 6.61 Å². The molecule has 0 aliphatic carbocycles. The van der Waals surface area contributed by atoms with E-state index in [1.165, 1.54) is 6.92 Å². The zero-order valence-corrected chi connectivity index (χ0v) is 11.4. The first-order valence-corrected chi connectivity index (χ1v) is 5.92. The van der Waals surface area contributed by atoms with E-state index in [0.717, 1.165) is 0 Å². The number of halogens is 5. The molecule has 0 spiro atoms. The van der Waals surface area contributed by atoms with Gasteiger partial charge >= 0.3 is 18.0 Å². The fourth-order valence-electron chi connectivity index (χ4n) is 1.66. The van der Waals surface area contributed by atoms with Crippen molar-refractivity contribution in [1.29, 1.82) is 0 Å². The van der Waals surface area contributed by atoms with Gasteiger partial charge in [-0.25, -0.2) is 8.78 Å². The predicted octanol–water partition coefficient (Wildman–Crippen LogP) is 2.93. The van der Waals surface area contributed by atoms with Crippen molar-refractivity contribution in [3.8, 4) is 5.75 Å². The third-order valence-corrected chi connectivity index (χ3v) is 2.39. The van der Waals surface area contributed by atoms with Gasteiger partial charge in [0.1, 0.15) is 5.69 Å². The molecule has 1 aromatic heterocycles. The van der Waals surface area contributed by atoms with Gasteiger partial charge in [-0.15, -0.1) is 13.2 Å². The summed E-state index contributed by atoms with van der Waals surface area (Å²) in [7, 11) is 0. The van der Waals surface area contributed by atoms with E-state index in [0.29, 0.717) is 0 Å². The Hall–Kier alpha value is -2.53. The van der Waals surface area contributed by atoms with Gasteiger partial charge in [0.15, 0.2) is 0 Å². The van der Waals surface area contributed by atoms with Crippen molar-refractivity contribution in [2.24, 2.45) is 0 Å². The van der Waals surface area contributed by atoms with Crippen LogP contribution in [0.4, 0.5) is 27.6 Å². The molecule has 1 aromatic rings. The monoisotopic (exact) mass is 344 g/mol. The number of hydrogen-bond donors (Lipinski definition) is 0. The van der Waals surface area contributed by atoms with Crippen LogP contribution in [0.3, 0.4) is 0 Å². The third-order valence-electron chi connectivity index (χ3n) is 2.39. The molecule has 0 atom stereocenters. The Morgan fingerprint density at radius 1 is 1.43 bits per heavy atom. The second-order valence-electron chi connectivity index (χ2n) is 3.92. The molecule has 1 rings (SSSR count). The molecule has 12 heteroatoms. The van der Waals surface area contributed by atoms with Crippen molar-refractivity contribution in [3.05, 3.63) is 27.6 Å². The number of pyridine rings is 1. The summed E-state index contributed by atoms with van der Waals surface area (Å²) in [5.41, 5.74) is -3.61. The van der Waals surface area contributed by atoms with Gasteiger partial charge in [-0.1, -0.05) is 0 Å². The largest absolute Gasteiger partial charge is 0.573 e. The molecule has 0 bridgehead atoms. The fourth-order valence-corrected chi connectivity index (χ4v) is 1.66. The molecule has 1 heterocycles. The van der Waals surface area contributed by atoms with Gasteiger partial charge in [-0.05, 0) is 6.92 Å². The lowest BCUT2D eigenvalue weighted by Gasteiger charge is -2.13. The van der Waals surface area contributed by atoms with Gasteiger partial charge in [0.25, 0.3) is 6.43 Å². The van der Waals surface area contributed by atoms with Gasteiger partial charge in [0, 0.05) is 0 Å². The molecule has 0 unspecified atom stereocenters. The molecular weight excluding hydrogens is 335 g/mol. The van der Waals surface area contributed by atoms with Crippen LogP contribution in [0, 0.1) is 10.1 Å². The summed E-state index contributed by atoms with van der Waals surface area (Å²) in [5.74, 6) is -2.53. The number of hydrogen-bond acceptors (Lipinski definition) is 6. The molecule has 23 heavy (non-hydrogen) atoms. The maximum absolute atomic E-state index is 12.9. The Balaban J connectivity index is 3.48. The van der Waals surface area contributed by atoms with Crippen LogP contribution in [-0.4, -0.2) is 28.8 Å². The lowest BCUT2D eigenvalue weighted by Crippen LogP contribution is -2.20. The normalized spacial score (nSPS) is 11.4. The SMILES string of the molecule is CCOC(=O)Cc1c(C(F)F)ncc(OC(F)(F)F)c1[N+](=O)[O-]. The lowest BCUT2D eigenvalue weighted by atomic mass is 10.1. The fraction of sp³-hybridized carbons (Fsp3) is 0.455. The van der Waals surface area contributed by atoms with Crippen LogP contribution in [0.1, 0.15) is 24.6 Å². The topological polar surface area (TPSA) is 91.6 Å². The van der Waals surface area contributed by atoms with E-state index >= 15 is 0 Å². The minimum absolute atomic E-state index is 0.150. The van der Waals surface area contributed by atoms with Crippen molar-refractivity contribution >= 4 is 11.7 Å². The van der Waals surface area contributed by atoms with Gasteiger partial charge in [0.2, 0.25) is 5.75 Å². The van der Waals surface area contributed by atoms with E-state index in [2.05, 4.69) is 14.5 Å². The van der Waals surface area contributed by atoms with E-state index in [-0.39, 0.29) is 12.8 Å². The maximum atomic E-state index is 12.9. The van der Waals surface area contributed by atoms with Gasteiger partial charge < -0.3 is 9.47 Å². The maximum Gasteiger partial charge on any atom is 0.573 e. The molecule has 0 aliphatic rings. The van der Waals surface area contributed by atoms with E-state index in [1.807, 2.05) is 0 Å². The van der Waals surface area contributed by atoms with Crippen LogP contribution in [0.25, 0.3) is 0 Å². The minimum atomic E-state index is -5.31. The van der Waals surface area contributed by atoms with Crippen LogP contribution in [0.15, 0.2) is 6.20 Å². The van der Waals surface area contributed by atoms with Crippen LogP contribution >= 0.6 is 0 Å². The summed E-state index contributed by atoms with van der Waals surface area (Å²) in [6.07, 6.45) is -9.55. The number of carbonyl (C=O) groups excluding carboxylic acids is 1. The highest BCUT2D eigenvalue weighted by molar-refractivity contribution is 5.75. The highest BCUT2D eigenvalue weighted by atomic mass is 19.4. The van der Waals surface area contributed by atoms with Gasteiger partial charge in [0.05, 0.1) is 29.7 Å². The highest BCUT2D eigenvalue weighted by Gasteiger charge is 2.38. The molecule has 128 valence electrons. The summed E-state index contributed by atoms with van der Waals surface area (Å²) in [6.45, 7) is 1.24. The summed E-state index contributed by atoms with van der Waals surface area (Å²) in [5, 5.41) is 11.0. The molecule has 0 amide bonds. The number of esters is 1. The second kappa shape index (κ2) is 7.15. The molecule has 0 aromatic carbocycles. The summed E-state index contributed by atoms with van der Waals surface area (Å²) in [6, 6.07) is 0. The van der Waals surface area contributed by atoms with Crippen LogP contribution in [-0.2, 0) is 16.0 Å². The quantitative estimate of drug-likeness (QED) is 0.341. The summed E-state index contributed by atoms with van der Waals surface area (Å²) < 4.78 is 70.4. The van der Waals surface area contributed by atoms with E-state index in [9.17, 15) is 36.9 Å². The van der Waals surface area contributed by atoms with Crippen molar-refractivity contribution in [1.82, 2.24) is 4.98 Å². The minimum Gasteiger partial charge on any atom is -0.466 e. The molecule has 0 N–H and O–H groups in total. The Labute approximate surface area is 125 Å². The smallest absolute Gasteiger partial charge is 0.466 e. The number of aromatic nitrogens is 1. The highest BCUT2D eigenvalue weighted by Crippen LogP contribution is 2.38. The van der Waals surface area contributed by atoms with Crippen molar-refractivity contribution in [3.63, 3.8) is 0 Å². The number of carbonyl (C=O) groups is 1. The van der Waals surface area contributed by atoms with Crippen LogP contribution < -0.4 is 4.74 Å².